The number of aryl methyl sites for hydroxylation is 1. The zero-order chi connectivity index (χ0) is 15.9. The number of hydrogen-bond donors (Lipinski definition) is 1. The smallest absolute Gasteiger partial charge is 0.265 e. The van der Waals surface area contributed by atoms with Crippen molar-refractivity contribution in [3.05, 3.63) is 54.1 Å². The summed E-state index contributed by atoms with van der Waals surface area (Å²) in [6.07, 6.45) is -0.554. The lowest BCUT2D eigenvalue weighted by molar-refractivity contribution is -0.122. The van der Waals surface area contributed by atoms with Crippen LogP contribution in [0.5, 0.6) is 5.75 Å². The van der Waals surface area contributed by atoms with Gasteiger partial charge >= 0.3 is 0 Å². The van der Waals surface area contributed by atoms with Crippen molar-refractivity contribution in [1.82, 2.24) is 0 Å². The first-order valence-corrected chi connectivity index (χ1v) is 8.34. The molecule has 1 atom stereocenters. The molecule has 1 N–H and O–H groups in total. The van der Waals surface area contributed by atoms with Gasteiger partial charge in [0.05, 0.1) is 5.69 Å². The van der Waals surface area contributed by atoms with E-state index in [-0.39, 0.29) is 5.91 Å². The lowest BCUT2D eigenvalue weighted by Gasteiger charge is -2.16. The van der Waals surface area contributed by atoms with E-state index in [0.717, 1.165) is 21.9 Å². The van der Waals surface area contributed by atoms with Crippen LogP contribution in [-0.4, -0.2) is 17.8 Å². The van der Waals surface area contributed by atoms with Crippen molar-refractivity contribution in [2.45, 2.75) is 31.8 Å². The Morgan fingerprint density at radius 2 is 2.00 bits per heavy atom. The van der Waals surface area contributed by atoms with Gasteiger partial charge in [-0.2, -0.15) is 0 Å². The maximum atomic E-state index is 12.3. The molecule has 0 aliphatic rings. The topological polar surface area (TPSA) is 38.3 Å². The molecule has 0 aliphatic heterocycles. The van der Waals surface area contributed by atoms with E-state index in [9.17, 15) is 4.79 Å². The zero-order valence-corrected chi connectivity index (χ0v) is 13.9. The number of benzene rings is 2. The predicted molar refractivity (Wildman–Crippen MR) is 92.7 cm³/mol. The Morgan fingerprint density at radius 1 is 1.23 bits per heavy atom. The highest BCUT2D eigenvalue weighted by Crippen LogP contribution is 2.26. The fraction of sp³-hybridized carbons (Fsp3) is 0.278. The Balaban J connectivity index is 2.02. The number of ether oxygens (including phenoxy) is 1. The molecule has 0 fully saturated rings. The van der Waals surface area contributed by atoms with Gasteiger partial charge in [-0.15, -0.1) is 11.8 Å². The average molecular weight is 315 g/mol. The monoisotopic (exact) mass is 315 g/mol. The number of amides is 1. The molecule has 0 aliphatic carbocycles. The third-order valence-corrected chi connectivity index (χ3v) is 4.07. The highest BCUT2D eigenvalue weighted by molar-refractivity contribution is 7.99. The number of hydrogen-bond acceptors (Lipinski definition) is 3. The number of anilines is 1. The molecule has 1 unspecified atom stereocenters. The molecule has 4 heteroatoms. The molecule has 0 saturated carbocycles. The van der Waals surface area contributed by atoms with Gasteiger partial charge in [0, 0.05) is 4.90 Å². The number of para-hydroxylation sites is 1. The second-order valence-electron chi connectivity index (χ2n) is 5.00. The number of rotatable bonds is 6. The highest BCUT2D eigenvalue weighted by Gasteiger charge is 2.16. The van der Waals surface area contributed by atoms with Crippen molar-refractivity contribution in [3.8, 4) is 5.75 Å². The van der Waals surface area contributed by atoms with Crippen LogP contribution >= 0.6 is 11.8 Å². The zero-order valence-electron chi connectivity index (χ0n) is 13.1. The quantitative estimate of drug-likeness (QED) is 0.797. The van der Waals surface area contributed by atoms with Crippen molar-refractivity contribution >= 4 is 23.4 Å². The van der Waals surface area contributed by atoms with E-state index in [1.807, 2.05) is 55.5 Å². The summed E-state index contributed by atoms with van der Waals surface area (Å²) in [6.45, 7) is 5.84. The third kappa shape index (κ3) is 4.53. The lowest BCUT2D eigenvalue weighted by atomic mass is 10.2. The molecule has 1 amide bonds. The molecule has 0 spiro atoms. The maximum absolute atomic E-state index is 12.3. The predicted octanol–water partition coefficient (Wildman–Crippen LogP) is 4.51. The first kappa shape index (κ1) is 16.4. The van der Waals surface area contributed by atoms with E-state index in [1.165, 1.54) is 0 Å². The Labute approximate surface area is 136 Å². The first-order valence-electron chi connectivity index (χ1n) is 7.36. The number of nitrogens with one attached hydrogen (secondary N) is 1. The van der Waals surface area contributed by atoms with Crippen molar-refractivity contribution in [1.29, 1.82) is 0 Å². The van der Waals surface area contributed by atoms with Gasteiger partial charge in [-0.05, 0) is 49.4 Å². The van der Waals surface area contributed by atoms with Gasteiger partial charge in [-0.1, -0.05) is 31.2 Å². The summed E-state index contributed by atoms with van der Waals surface area (Å²) in [4.78, 5) is 13.4. The minimum absolute atomic E-state index is 0.148. The van der Waals surface area contributed by atoms with Gasteiger partial charge < -0.3 is 10.1 Å². The van der Waals surface area contributed by atoms with E-state index in [0.29, 0.717) is 5.75 Å². The maximum Gasteiger partial charge on any atom is 0.265 e. The summed E-state index contributed by atoms with van der Waals surface area (Å²) in [6, 6.07) is 15.5. The molecule has 0 radical (unpaired) electrons. The van der Waals surface area contributed by atoms with Gasteiger partial charge in [-0.25, -0.2) is 0 Å². The first-order chi connectivity index (χ1) is 10.6. The lowest BCUT2D eigenvalue weighted by Crippen LogP contribution is -2.30. The molecule has 0 heterocycles. The summed E-state index contributed by atoms with van der Waals surface area (Å²) in [5, 5.41) is 2.95. The Hall–Kier alpha value is -1.94. The molecule has 3 nitrogen and oxygen atoms in total. The summed E-state index contributed by atoms with van der Waals surface area (Å²) in [5.74, 6) is 1.52. The van der Waals surface area contributed by atoms with Crippen LogP contribution in [0.4, 0.5) is 5.69 Å². The third-order valence-electron chi connectivity index (χ3n) is 3.12. The standard InChI is InChI=1S/C18H21NO2S/c1-4-22-17-11-6-5-10-16(17)19-18(20)14(3)21-15-9-7-8-13(2)12-15/h5-12,14H,4H2,1-3H3,(H,19,20). The fourth-order valence-electron chi connectivity index (χ4n) is 2.03. The normalized spacial score (nSPS) is 11.8. The molecule has 2 rings (SSSR count). The van der Waals surface area contributed by atoms with Gasteiger partial charge in [0.1, 0.15) is 5.75 Å². The van der Waals surface area contributed by atoms with E-state index < -0.39 is 6.10 Å². The van der Waals surface area contributed by atoms with Crippen LogP contribution in [0.15, 0.2) is 53.4 Å². The molecule has 0 saturated heterocycles. The molecule has 22 heavy (non-hydrogen) atoms. The van der Waals surface area contributed by atoms with Crippen LogP contribution in [0.3, 0.4) is 0 Å². The Bertz CT molecular complexity index is 642. The summed E-state index contributed by atoms with van der Waals surface area (Å²) < 4.78 is 5.71. The van der Waals surface area contributed by atoms with Gasteiger partial charge in [-0.3, -0.25) is 4.79 Å². The second kappa shape index (κ2) is 7.90. The van der Waals surface area contributed by atoms with Crippen molar-refractivity contribution < 1.29 is 9.53 Å². The van der Waals surface area contributed by atoms with E-state index >= 15 is 0 Å². The minimum atomic E-state index is -0.554. The average Bonchev–Trinajstić information content (AvgIpc) is 2.49. The van der Waals surface area contributed by atoms with Crippen molar-refractivity contribution in [2.24, 2.45) is 0 Å². The van der Waals surface area contributed by atoms with E-state index in [2.05, 4.69) is 12.2 Å². The molecule has 0 aromatic heterocycles. The van der Waals surface area contributed by atoms with Crippen LogP contribution in [0.25, 0.3) is 0 Å². The largest absolute Gasteiger partial charge is 0.481 e. The Kier molecular flexibility index (Phi) is 5.90. The van der Waals surface area contributed by atoms with Gasteiger partial charge in [0.25, 0.3) is 5.91 Å². The molecule has 2 aromatic rings. The van der Waals surface area contributed by atoms with Crippen molar-refractivity contribution in [3.63, 3.8) is 0 Å². The second-order valence-corrected chi connectivity index (χ2v) is 6.30. The SMILES string of the molecule is CCSc1ccccc1NC(=O)C(C)Oc1cccc(C)c1. The van der Waals surface area contributed by atoms with E-state index in [4.69, 9.17) is 4.74 Å². The van der Waals surface area contributed by atoms with Crippen LogP contribution in [0, 0.1) is 6.92 Å². The van der Waals surface area contributed by atoms with Crippen molar-refractivity contribution in [2.75, 3.05) is 11.1 Å². The number of carbonyl (C=O) groups is 1. The molecular weight excluding hydrogens is 294 g/mol. The van der Waals surface area contributed by atoms with Crippen LogP contribution in [-0.2, 0) is 4.79 Å². The van der Waals surface area contributed by atoms with Crippen LogP contribution in [0.2, 0.25) is 0 Å². The molecule has 2 aromatic carbocycles. The summed E-state index contributed by atoms with van der Waals surface area (Å²) in [7, 11) is 0. The van der Waals surface area contributed by atoms with Gasteiger partial charge in [0.2, 0.25) is 0 Å². The van der Waals surface area contributed by atoms with Crippen LogP contribution in [0.1, 0.15) is 19.4 Å². The Morgan fingerprint density at radius 3 is 2.73 bits per heavy atom. The number of thioether (sulfide) groups is 1. The number of carbonyl (C=O) groups excluding carboxylic acids is 1. The fourth-order valence-corrected chi connectivity index (χ4v) is 2.79. The van der Waals surface area contributed by atoms with E-state index in [1.54, 1.807) is 18.7 Å². The molecule has 0 bridgehead atoms. The molecular formula is C18H21NO2S. The van der Waals surface area contributed by atoms with Crippen LogP contribution < -0.4 is 10.1 Å². The summed E-state index contributed by atoms with van der Waals surface area (Å²) in [5.41, 5.74) is 1.94. The van der Waals surface area contributed by atoms with Gasteiger partial charge in [0.15, 0.2) is 6.10 Å². The highest BCUT2D eigenvalue weighted by atomic mass is 32.2. The minimum Gasteiger partial charge on any atom is -0.481 e. The summed E-state index contributed by atoms with van der Waals surface area (Å²) >= 11 is 1.71. The molecule has 116 valence electrons.